The predicted molar refractivity (Wildman–Crippen MR) is 118 cm³/mol. The fraction of sp³-hybridized carbons (Fsp3) is 0.190. The predicted octanol–water partition coefficient (Wildman–Crippen LogP) is 3.24. The van der Waals surface area contributed by atoms with E-state index in [1.807, 2.05) is 18.3 Å². The molecule has 1 amide bonds. The van der Waals surface area contributed by atoms with E-state index in [1.165, 1.54) is 25.3 Å². The number of nitrogens with zero attached hydrogens (tertiary/aromatic N) is 5. The quantitative estimate of drug-likeness (QED) is 0.402. The summed E-state index contributed by atoms with van der Waals surface area (Å²) in [4.78, 5) is 16.6. The number of carbonyl (C=O) groups is 1. The number of pyridine rings is 1. The van der Waals surface area contributed by atoms with E-state index in [-0.39, 0.29) is 23.0 Å². The van der Waals surface area contributed by atoms with E-state index in [2.05, 4.69) is 30.9 Å². The minimum Gasteiger partial charge on any atom is -0.492 e. The second-order valence-electron chi connectivity index (χ2n) is 6.60. The molecule has 0 aliphatic heterocycles. The molecule has 3 heterocycles. The van der Waals surface area contributed by atoms with Gasteiger partial charge in [0.2, 0.25) is 0 Å². The Morgan fingerprint density at radius 3 is 2.75 bits per heavy atom. The third-order valence-electron chi connectivity index (χ3n) is 4.64. The first-order chi connectivity index (χ1) is 16.7. The van der Waals surface area contributed by atoms with Crippen LogP contribution in [0.3, 0.4) is 0 Å². The van der Waals surface area contributed by atoms with Gasteiger partial charge in [-0.3, -0.25) is 9.48 Å². The van der Waals surface area contributed by atoms with E-state index in [9.17, 15) is 9.18 Å². The second kappa shape index (κ2) is 8.84. The van der Waals surface area contributed by atoms with Crippen molar-refractivity contribution in [3.8, 4) is 5.75 Å². The van der Waals surface area contributed by atoms with Crippen LogP contribution in [0.15, 0.2) is 42.7 Å². The molecule has 0 fully saturated rings. The molecule has 0 aliphatic carbocycles. The Morgan fingerprint density at radius 2 is 2.03 bits per heavy atom. The van der Waals surface area contributed by atoms with Crippen molar-refractivity contribution in [1.82, 2.24) is 30.3 Å². The van der Waals surface area contributed by atoms with Crippen LogP contribution in [-0.4, -0.2) is 45.0 Å². The molecule has 3 N–H and O–H groups in total. The lowest BCUT2D eigenvalue weighted by Crippen LogP contribution is -2.21. The average molecular weight is 439 g/mol. The van der Waals surface area contributed by atoms with Gasteiger partial charge in [-0.25, -0.2) is 9.37 Å². The number of hydrogen-bond acceptors (Lipinski definition) is 8. The molecule has 0 saturated carbocycles. The van der Waals surface area contributed by atoms with Gasteiger partial charge in [0, 0.05) is 29.1 Å². The summed E-state index contributed by atoms with van der Waals surface area (Å²) < 4.78 is 42.6. The van der Waals surface area contributed by atoms with Crippen LogP contribution in [0.4, 0.5) is 27.4 Å². The summed E-state index contributed by atoms with van der Waals surface area (Å²) in [6, 6.07) is 7.65. The Labute approximate surface area is 187 Å². The standard InChI is InChI=1S/C21H21FN8O2/c1-4-30-19-12(10-25-30)5-7-14(20(19)32-3)26-15-9-17(28-29-18(15)21(31)23-2)27-16-8-6-13(22)11-24-16/h5-11H,4H2,1-3H3,(H,23,31)(H2,24,26,27,28)/i2D3. The molecular weight excluding hydrogens is 415 g/mol. The van der Waals surface area contributed by atoms with Gasteiger partial charge in [0.05, 0.1) is 30.9 Å². The summed E-state index contributed by atoms with van der Waals surface area (Å²) in [6.45, 7) is -0.183. The molecule has 11 heteroatoms. The fourth-order valence-electron chi connectivity index (χ4n) is 3.19. The van der Waals surface area contributed by atoms with E-state index in [0.29, 0.717) is 18.0 Å². The first-order valence-corrected chi connectivity index (χ1v) is 9.57. The SMILES string of the molecule is [2H]C([2H])([2H])NC(=O)c1nnc(Nc2ccc(F)cn2)cc1Nc1ccc2cnn(CC)c2c1OC. The first kappa shape index (κ1) is 17.4. The summed E-state index contributed by atoms with van der Waals surface area (Å²) in [5, 5.41) is 20.9. The minimum absolute atomic E-state index is 0.145. The first-order valence-electron chi connectivity index (χ1n) is 11.1. The van der Waals surface area contributed by atoms with Gasteiger partial charge in [0.15, 0.2) is 17.3 Å². The zero-order valence-corrected chi connectivity index (χ0v) is 17.2. The van der Waals surface area contributed by atoms with Gasteiger partial charge in [-0.15, -0.1) is 10.2 Å². The number of rotatable bonds is 7. The van der Waals surface area contributed by atoms with Gasteiger partial charge in [0.1, 0.15) is 17.2 Å². The van der Waals surface area contributed by atoms with Crippen molar-refractivity contribution in [2.45, 2.75) is 13.5 Å². The Morgan fingerprint density at radius 1 is 1.16 bits per heavy atom. The maximum Gasteiger partial charge on any atom is 0.273 e. The lowest BCUT2D eigenvalue weighted by molar-refractivity contribution is 0.0958. The number of aryl methyl sites for hydroxylation is 1. The zero-order chi connectivity index (χ0) is 25.2. The number of amides is 1. The summed E-state index contributed by atoms with van der Waals surface area (Å²) >= 11 is 0. The summed E-state index contributed by atoms with van der Waals surface area (Å²) in [5.41, 5.74) is 1.11. The maximum absolute atomic E-state index is 13.2. The van der Waals surface area contributed by atoms with Crippen LogP contribution in [0.1, 0.15) is 21.5 Å². The molecule has 0 aliphatic rings. The highest BCUT2D eigenvalue weighted by Crippen LogP contribution is 2.36. The number of nitrogens with one attached hydrogen (secondary N) is 3. The molecule has 0 bridgehead atoms. The number of anilines is 4. The molecule has 0 saturated heterocycles. The maximum atomic E-state index is 13.2. The number of aromatic nitrogens is 5. The van der Waals surface area contributed by atoms with Gasteiger partial charge in [-0.2, -0.15) is 5.10 Å². The summed E-state index contributed by atoms with van der Waals surface area (Å²) in [5.74, 6) is -0.525. The van der Waals surface area contributed by atoms with Gasteiger partial charge >= 0.3 is 0 Å². The van der Waals surface area contributed by atoms with Crippen molar-refractivity contribution in [2.24, 2.45) is 0 Å². The highest BCUT2D eigenvalue weighted by molar-refractivity contribution is 5.99. The topological polar surface area (TPSA) is 119 Å². The largest absolute Gasteiger partial charge is 0.492 e. The number of halogens is 1. The number of ether oxygens (including phenoxy) is 1. The van der Waals surface area contributed by atoms with Crippen molar-refractivity contribution in [3.05, 3.63) is 54.2 Å². The Hall–Kier alpha value is -4.28. The lowest BCUT2D eigenvalue weighted by Gasteiger charge is -2.16. The molecule has 4 aromatic rings. The average Bonchev–Trinajstić information content (AvgIpc) is 3.23. The molecule has 0 unspecified atom stereocenters. The summed E-state index contributed by atoms with van der Waals surface area (Å²) in [6.07, 6.45) is 2.75. The van der Waals surface area contributed by atoms with Gasteiger partial charge in [-0.05, 0) is 31.2 Å². The molecule has 1 aromatic carbocycles. The van der Waals surface area contributed by atoms with E-state index < -0.39 is 18.7 Å². The molecule has 0 atom stereocenters. The van der Waals surface area contributed by atoms with Crippen LogP contribution < -0.4 is 20.7 Å². The van der Waals surface area contributed by atoms with Gasteiger partial charge in [0.25, 0.3) is 5.91 Å². The fourth-order valence-corrected chi connectivity index (χ4v) is 3.19. The highest BCUT2D eigenvalue weighted by Gasteiger charge is 2.18. The van der Waals surface area contributed by atoms with Crippen molar-refractivity contribution in [3.63, 3.8) is 0 Å². The lowest BCUT2D eigenvalue weighted by atomic mass is 10.2. The summed E-state index contributed by atoms with van der Waals surface area (Å²) in [7, 11) is 1.51. The van der Waals surface area contributed by atoms with Crippen molar-refractivity contribution < 1.29 is 18.0 Å². The van der Waals surface area contributed by atoms with E-state index in [4.69, 9.17) is 8.85 Å². The molecule has 0 spiro atoms. The Bertz CT molecular complexity index is 1380. The van der Waals surface area contributed by atoms with E-state index in [0.717, 1.165) is 17.1 Å². The number of hydrogen-bond donors (Lipinski definition) is 3. The van der Waals surface area contributed by atoms with Crippen molar-refractivity contribution in [2.75, 3.05) is 24.7 Å². The molecule has 32 heavy (non-hydrogen) atoms. The van der Waals surface area contributed by atoms with Crippen molar-refractivity contribution >= 4 is 39.8 Å². The van der Waals surface area contributed by atoms with Crippen LogP contribution in [0.5, 0.6) is 5.75 Å². The molecule has 0 radical (unpaired) electrons. The third-order valence-corrected chi connectivity index (χ3v) is 4.64. The molecular formula is C21H21FN8O2. The minimum atomic E-state index is -2.73. The number of carbonyl (C=O) groups excluding carboxylic acids is 1. The second-order valence-corrected chi connectivity index (χ2v) is 6.60. The van der Waals surface area contributed by atoms with Crippen molar-refractivity contribution in [1.29, 1.82) is 0 Å². The number of benzene rings is 1. The normalized spacial score (nSPS) is 12.5. The van der Waals surface area contributed by atoms with E-state index in [1.54, 1.807) is 16.9 Å². The van der Waals surface area contributed by atoms with Gasteiger partial charge < -0.3 is 20.7 Å². The van der Waals surface area contributed by atoms with Crippen LogP contribution in [0.2, 0.25) is 0 Å². The van der Waals surface area contributed by atoms with Gasteiger partial charge in [-0.1, -0.05) is 0 Å². The number of fused-ring (bicyclic) bond motifs is 1. The van der Waals surface area contributed by atoms with Crippen LogP contribution in [0.25, 0.3) is 10.9 Å². The van der Waals surface area contributed by atoms with Crippen LogP contribution >= 0.6 is 0 Å². The number of methoxy groups -OCH3 is 1. The molecule has 3 aromatic heterocycles. The smallest absolute Gasteiger partial charge is 0.273 e. The third kappa shape index (κ3) is 4.00. The molecule has 10 nitrogen and oxygen atoms in total. The Kier molecular flexibility index (Phi) is 4.81. The van der Waals surface area contributed by atoms with Crippen LogP contribution in [-0.2, 0) is 6.54 Å². The van der Waals surface area contributed by atoms with E-state index >= 15 is 0 Å². The molecule has 4 rings (SSSR count). The molecule has 164 valence electrons. The highest BCUT2D eigenvalue weighted by atomic mass is 19.1. The monoisotopic (exact) mass is 439 g/mol. The zero-order valence-electron chi connectivity index (χ0n) is 20.2. The van der Waals surface area contributed by atoms with Crippen LogP contribution in [0, 0.1) is 5.82 Å². The Balaban J connectivity index is 1.77.